The Labute approximate surface area is 253 Å². The van der Waals surface area contributed by atoms with Crippen LogP contribution in [0.15, 0.2) is 24.3 Å². The van der Waals surface area contributed by atoms with Crippen molar-refractivity contribution in [2.45, 2.75) is 57.5 Å². The lowest BCUT2D eigenvalue weighted by Gasteiger charge is -2.21. The van der Waals surface area contributed by atoms with E-state index in [4.69, 9.17) is 28.8 Å². The fraction of sp³-hybridized carbons (Fsp3) is 0.536. The lowest BCUT2D eigenvalue weighted by atomic mass is 9.85. The molecule has 0 spiro atoms. The quantitative estimate of drug-likeness (QED) is 0.208. The maximum atomic E-state index is 12.2. The predicted molar refractivity (Wildman–Crippen MR) is 148 cm³/mol. The molecule has 12 nitrogen and oxygen atoms in total. The second-order valence-electron chi connectivity index (χ2n) is 10.1. The van der Waals surface area contributed by atoms with Crippen molar-refractivity contribution in [3.8, 4) is 34.5 Å². The van der Waals surface area contributed by atoms with E-state index >= 15 is 0 Å². The molecule has 0 amide bonds. The third-order valence-electron chi connectivity index (χ3n) is 6.87. The first-order valence-corrected chi connectivity index (χ1v) is 15.8. The summed E-state index contributed by atoms with van der Waals surface area (Å²) in [6, 6.07) is 6.55. The number of aromatic hydroxyl groups is 2. The number of hydrogen-bond donors (Lipinski definition) is 4. The standard InChI is InChI=1S/C26H36N2O8S.C2HF3O2/c1-2-3-4-5-9-28-37(31,32)11-10-27-8-6-7-18(19-12-23-25(14-21(19)29)35-16-33-23)20-13-24-26(15-22(20)30)36-17-34-24;3-2(4,5)1(6)7/h12-15,18,27-30H,2-11,16-17H2,1H3;(H,6,7). The molecule has 16 heteroatoms. The van der Waals surface area contributed by atoms with Gasteiger partial charge in [0.25, 0.3) is 0 Å². The zero-order valence-electron chi connectivity index (χ0n) is 24.2. The molecule has 44 heavy (non-hydrogen) atoms. The van der Waals surface area contributed by atoms with Gasteiger partial charge in [-0.05, 0) is 31.4 Å². The summed E-state index contributed by atoms with van der Waals surface area (Å²) in [5.41, 5.74) is 1.21. The predicted octanol–water partition coefficient (Wildman–Crippen LogP) is 1.83. The minimum Gasteiger partial charge on any atom is -0.542 e. The van der Waals surface area contributed by atoms with Gasteiger partial charge < -0.3 is 44.4 Å². The van der Waals surface area contributed by atoms with Crippen molar-refractivity contribution >= 4 is 16.0 Å². The summed E-state index contributed by atoms with van der Waals surface area (Å²) >= 11 is 0. The van der Waals surface area contributed by atoms with Gasteiger partial charge in [0.15, 0.2) is 23.0 Å². The minimum atomic E-state index is -5.19. The first-order valence-electron chi connectivity index (χ1n) is 14.1. The summed E-state index contributed by atoms with van der Waals surface area (Å²) in [5.74, 6) is -1.17. The molecule has 2 aromatic rings. The van der Waals surface area contributed by atoms with E-state index < -0.39 is 22.2 Å². The number of phenolic OH excluding ortho intramolecular Hbond substituents is 2. The summed E-state index contributed by atoms with van der Waals surface area (Å²) in [7, 11) is -3.28. The van der Waals surface area contributed by atoms with Crippen molar-refractivity contribution in [2.24, 2.45) is 0 Å². The third-order valence-corrected chi connectivity index (χ3v) is 8.29. The lowest BCUT2D eigenvalue weighted by Crippen LogP contribution is -2.85. The average molecular weight is 651 g/mol. The number of unbranched alkanes of at least 4 members (excludes halogenated alkanes) is 3. The molecule has 0 saturated carbocycles. The normalized spacial score (nSPS) is 13.6. The highest BCUT2D eigenvalue weighted by molar-refractivity contribution is 7.89. The van der Waals surface area contributed by atoms with Crippen LogP contribution in [0.4, 0.5) is 13.2 Å². The third kappa shape index (κ3) is 10.2. The van der Waals surface area contributed by atoms with Crippen molar-refractivity contribution in [1.82, 2.24) is 4.72 Å². The smallest absolute Gasteiger partial charge is 0.430 e. The van der Waals surface area contributed by atoms with Crippen LogP contribution >= 0.6 is 0 Å². The summed E-state index contributed by atoms with van der Waals surface area (Å²) in [5, 5.41) is 32.3. The summed E-state index contributed by atoms with van der Waals surface area (Å²) in [4.78, 5) is 8.78. The molecule has 2 aliphatic rings. The Bertz CT molecular complexity index is 1310. The molecule has 4 rings (SSSR count). The summed E-state index contributed by atoms with van der Waals surface area (Å²) < 4.78 is 80.4. The number of nitrogens with one attached hydrogen (secondary N) is 1. The molecule has 0 unspecified atom stereocenters. The van der Waals surface area contributed by atoms with E-state index in [-0.39, 0.29) is 36.8 Å². The molecule has 0 saturated heterocycles. The number of hydrogen-bond acceptors (Lipinski definition) is 10. The number of fused-ring (bicyclic) bond motifs is 2. The number of carbonyl (C=O) groups excluding carboxylic acids is 1. The van der Waals surface area contributed by atoms with Crippen LogP contribution in [0, 0.1) is 0 Å². The zero-order valence-corrected chi connectivity index (χ0v) is 25.0. The van der Waals surface area contributed by atoms with Gasteiger partial charge in [-0.25, -0.2) is 13.1 Å². The number of halogens is 3. The Balaban J connectivity index is 0.000000676. The first-order chi connectivity index (χ1) is 20.8. The van der Waals surface area contributed by atoms with Gasteiger partial charge in [0.2, 0.25) is 23.6 Å². The molecule has 2 aromatic carbocycles. The number of aliphatic carboxylic acids is 1. The number of alkyl halides is 3. The number of carbonyl (C=O) groups is 1. The maximum absolute atomic E-state index is 12.2. The first kappa shape index (κ1) is 34.9. The molecule has 0 bridgehead atoms. The number of phenols is 2. The summed E-state index contributed by atoms with van der Waals surface area (Å²) in [6.07, 6.45) is 0.244. The van der Waals surface area contributed by atoms with Crippen LogP contribution in [0.2, 0.25) is 0 Å². The van der Waals surface area contributed by atoms with E-state index in [0.717, 1.165) is 32.1 Å². The van der Waals surface area contributed by atoms with Gasteiger partial charge >= 0.3 is 6.18 Å². The Morgan fingerprint density at radius 2 is 1.41 bits per heavy atom. The van der Waals surface area contributed by atoms with E-state index in [1.165, 1.54) is 12.1 Å². The number of nitrogens with two attached hydrogens (primary N) is 1. The second-order valence-corrected chi connectivity index (χ2v) is 12.1. The Morgan fingerprint density at radius 3 is 1.89 bits per heavy atom. The van der Waals surface area contributed by atoms with Crippen molar-refractivity contribution in [2.75, 3.05) is 39.0 Å². The van der Waals surface area contributed by atoms with Crippen LogP contribution in [0.5, 0.6) is 34.5 Å². The number of rotatable bonds is 15. The fourth-order valence-corrected chi connectivity index (χ4v) is 5.71. The van der Waals surface area contributed by atoms with Gasteiger partial charge in [-0.2, -0.15) is 13.2 Å². The molecule has 0 aliphatic carbocycles. The van der Waals surface area contributed by atoms with E-state index in [2.05, 4.69) is 11.6 Å². The van der Waals surface area contributed by atoms with Crippen LogP contribution in [0.1, 0.15) is 62.5 Å². The molecule has 246 valence electrons. The van der Waals surface area contributed by atoms with Crippen LogP contribution < -0.4 is 34.1 Å². The van der Waals surface area contributed by atoms with E-state index in [9.17, 15) is 31.8 Å². The number of quaternary nitrogens is 1. The topological polar surface area (TPSA) is 180 Å². The number of carboxylic acid groups (broad SMARTS) is 1. The zero-order chi connectivity index (χ0) is 32.3. The van der Waals surface area contributed by atoms with E-state index in [1.54, 1.807) is 12.1 Å². The van der Waals surface area contributed by atoms with Gasteiger partial charge in [0, 0.05) is 35.7 Å². The van der Waals surface area contributed by atoms with Crippen LogP contribution in [0.3, 0.4) is 0 Å². The van der Waals surface area contributed by atoms with Crippen LogP contribution in [-0.4, -0.2) is 69.7 Å². The highest BCUT2D eigenvalue weighted by Gasteiger charge is 2.29. The molecule has 2 aliphatic heterocycles. The van der Waals surface area contributed by atoms with Gasteiger partial charge in [0.1, 0.15) is 23.2 Å². The van der Waals surface area contributed by atoms with Gasteiger partial charge in [-0.3, -0.25) is 0 Å². The highest BCUT2D eigenvalue weighted by Crippen LogP contribution is 2.47. The van der Waals surface area contributed by atoms with Gasteiger partial charge in [-0.15, -0.1) is 0 Å². The Hall–Kier alpha value is -3.63. The molecule has 0 atom stereocenters. The SMILES string of the molecule is CCCCCCNS(=O)(=O)CC[NH2+]CCCC(c1cc2c(cc1O)OCO2)c1cc2c(cc1O)OCO2.O=C([O-])C(F)(F)F. The number of carboxylic acids is 1. The van der Waals surface area contributed by atoms with Crippen LogP contribution in [0.25, 0.3) is 0 Å². The van der Waals surface area contributed by atoms with Gasteiger partial charge in [0.05, 0.1) is 13.1 Å². The minimum absolute atomic E-state index is 0.0476. The van der Waals surface area contributed by atoms with Crippen molar-refractivity contribution in [3.05, 3.63) is 35.4 Å². The Kier molecular flexibility index (Phi) is 12.6. The number of ether oxygens (including phenoxy) is 4. The second kappa shape index (κ2) is 15.9. The number of sulfonamides is 1. The van der Waals surface area contributed by atoms with Crippen molar-refractivity contribution in [3.63, 3.8) is 0 Å². The van der Waals surface area contributed by atoms with Crippen molar-refractivity contribution in [1.29, 1.82) is 0 Å². The van der Waals surface area contributed by atoms with Gasteiger partial charge in [-0.1, -0.05) is 26.2 Å². The van der Waals surface area contributed by atoms with E-state index in [1.807, 2.05) is 5.32 Å². The molecule has 0 fully saturated rings. The largest absolute Gasteiger partial charge is 0.542 e. The number of benzene rings is 2. The molecule has 5 N–H and O–H groups in total. The average Bonchev–Trinajstić information content (AvgIpc) is 3.60. The molecule has 2 heterocycles. The summed E-state index contributed by atoms with van der Waals surface area (Å²) in [6.45, 7) is 3.94. The maximum Gasteiger partial charge on any atom is 0.430 e. The van der Waals surface area contributed by atoms with Crippen molar-refractivity contribution < 1.29 is 66.0 Å². The van der Waals surface area contributed by atoms with E-state index in [0.29, 0.717) is 60.2 Å². The molecular weight excluding hydrogens is 613 g/mol. The molecular formula is C28H37F3N2O10S. The highest BCUT2D eigenvalue weighted by atomic mass is 32.2. The lowest BCUT2D eigenvalue weighted by molar-refractivity contribution is -0.651. The Morgan fingerprint density at radius 1 is 0.909 bits per heavy atom. The monoisotopic (exact) mass is 650 g/mol. The molecule has 0 aromatic heterocycles. The fourth-order valence-electron chi connectivity index (χ4n) is 4.63. The molecule has 0 radical (unpaired) electrons. The van der Waals surface area contributed by atoms with Crippen LogP contribution in [-0.2, 0) is 14.8 Å².